The molecule has 2 aliphatic heterocycles. The van der Waals surface area contributed by atoms with Crippen molar-refractivity contribution in [3.8, 4) is 0 Å². The van der Waals surface area contributed by atoms with Crippen LogP contribution in [-0.2, 0) is 9.53 Å². The Morgan fingerprint density at radius 1 is 1.04 bits per heavy atom. The van der Waals surface area contributed by atoms with Gasteiger partial charge in [0.2, 0.25) is 5.91 Å². The van der Waals surface area contributed by atoms with Gasteiger partial charge in [-0.3, -0.25) is 9.78 Å². The number of fused-ring (bicyclic) bond motifs is 2. The van der Waals surface area contributed by atoms with Gasteiger partial charge in [0.05, 0.1) is 28.2 Å². The zero-order valence-electron chi connectivity index (χ0n) is 13.4. The number of carbonyl (C=O) groups excluding carboxylic acids is 1. The molecule has 6 nitrogen and oxygen atoms in total. The van der Waals surface area contributed by atoms with Gasteiger partial charge >= 0.3 is 0 Å². The minimum absolute atomic E-state index is 0.316. The summed E-state index contributed by atoms with van der Waals surface area (Å²) in [7, 11) is 0. The smallest absolute Gasteiger partial charge is 0.230 e. The lowest BCUT2D eigenvalue weighted by Gasteiger charge is -2.32. The topological polar surface area (TPSA) is 91.7 Å². The number of nitrogens with one attached hydrogen (secondary N) is 1. The van der Waals surface area contributed by atoms with Gasteiger partial charge in [-0.15, -0.1) is 0 Å². The Balaban J connectivity index is 1.64. The summed E-state index contributed by atoms with van der Waals surface area (Å²) >= 11 is 11.9. The number of aliphatic hydroxyl groups excluding tert-OH is 2. The van der Waals surface area contributed by atoms with Crippen molar-refractivity contribution in [1.29, 1.82) is 0 Å². The molecule has 1 aromatic carbocycles. The number of ether oxygens (including phenoxy) is 1. The Labute approximate surface area is 159 Å². The molecule has 8 heteroatoms. The van der Waals surface area contributed by atoms with Gasteiger partial charge in [-0.2, -0.15) is 0 Å². The second-order valence-corrected chi connectivity index (χ2v) is 7.31. The number of rotatable bonds is 3. The molecule has 4 rings (SSSR count). The van der Waals surface area contributed by atoms with Crippen LogP contribution in [0.1, 0.15) is 11.5 Å². The van der Waals surface area contributed by atoms with Crippen LogP contribution in [0.2, 0.25) is 10.0 Å². The second-order valence-electron chi connectivity index (χ2n) is 6.50. The van der Waals surface area contributed by atoms with Gasteiger partial charge in [0.1, 0.15) is 12.2 Å². The third kappa shape index (κ3) is 2.88. The van der Waals surface area contributed by atoms with E-state index < -0.39 is 30.3 Å². The fourth-order valence-electron chi connectivity index (χ4n) is 3.83. The SMILES string of the molecule is O=C(Nc1ccc(Cl)c(Cl)c1)[C@H]1[C@@H]2O[C@@H]([C@@H](O)[C@H]2O)[C@@H]1c1ccncc1. The van der Waals surface area contributed by atoms with Crippen molar-refractivity contribution in [2.75, 3.05) is 5.32 Å². The van der Waals surface area contributed by atoms with E-state index in [2.05, 4.69) is 10.3 Å². The van der Waals surface area contributed by atoms with E-state index in [1.165, 1.54) is 0 Å². The molecule has 1 amide bonds. The second kappa shape index (κ2) is 6.79. The number of aromatic nitrogens is 1. The van der Waals surface area contributed by atoms with Gasteiger partial charge in [-0.25, -0.2) is 0 Å². The predicted octanol–water partition coefficient (Wildman–Crippen LogP) is 2.23. The van der Waals surface area contributed by atoms with Crippen LogP contribution in [0.4, 0.5) is 5.69 Å². The molecule has 2 saturated heterocycles. The van der Waals surface area contributed by atoms with Crippen LogP contribution in [0.15, 0.2) is 42.7 Å². The van der Waals surface area contributed by atoms with Crippen molar-refractivity contribution in [2.24, 2.45) is 5.92 Å². The first-order valence-electron chi connectivity index (χ1n) is 8.15. The van der Waals surface area contributed by atoms with E-state index in [9.17, 15) is 15.0 Å². The number of halogens is 2. The summed E-state index contributed by atoms with van der Waals surface area (Å²) in [5.74, 6) is -1.36. The number of pyridine rings is 1. The standard InChI is InChI=1S/C18H16Cl2N2O4/c19-10-2-1-9(7-11(10)20)22-18(25)13-12(8-3-5-21-6-4-8)16-14(23)15(24)17(13)26-16/h1-7,12-17,23-24H,(H,22,25)/t12-,13-,14+,15-,16-,17+/m1/s1. The minimum atomic E-state index is -1.11. The molecule has 136 valence electrons. The lowest BCUT2D eigenvalue weighted by Crippen LogP contribution is -2.49. The van der Waals surface area contributed by atoms with Crippen molar-refractivity contribution < 1.29 is 19.7 Å². The highest BCUT2D eigenvalue weighted by Gasteiger charge is 2.61. The number of anilines is 1. The zero-order valence-corrected chi connectivity index (χ0v) is 14.9. The Morgan fingerprint density at radius 3 is 2.42 bits per heavy atom. The summed E-state index contributed by atoms with van der Waals surface area (Å²) in [6, 6.07) is 8.37. The van der Waals surface area contributed by atoms with E-state index in [0.29, 0.717) is 15.7 Å². The monoisotopic (exact) mass is 394 g/mol. The third-order valence-electron chi connectivity index (χ3n) is 5.01. The summed E-state index contributed by atoms with van der Waals surface area (Å²) in [5, 5.41) is 24.0. The number of aliphatic hydroxyl groups is 2. The fourth-order valence-corrected chi connectivity index (χ4v) is 4.13. The fraction of sp³-hybridized carbons (Fsp3) is 0.333. The van der Waals surface area contributed by atoms with Crippen molar-refractivity contribution in [3.63, 3.8) is 0 Å². The van der Waals surface area contributed by atoms with E-state index in [0.717, 1.165) is 5.56 Å². The number of benzene rings is 1. The lowest BCUT2D eigenvalue weighted by atomic mass is 9.73. The first-order valence-corrected chi connectivity index (χ1v) is 8.90. The zero-order chi connectivity index (χ0) is 18.4. The third-order valence-corrected chi connectivity index (χ3v) is 5.75. The predicted molar refractivity (Wildman–Crippen MR) is 96.2 cm³/mol. The summed E-state index contributed by atoms with van der Waals surface area (Å²) in [6.45, 7) is 0. The van der Waals surface area contributed by atoms with Crippen molar-refractivity contribution >= 4 is 34.8 Å². The molecule has 2 bridgehead atoms. The first kappa shape index (κ1) is 17.7. The molecule has 0 spiro atoms. The molecule has 2 aliphatic rings. The van der Waals surface area contributed by atoms with Gasteiger partial charge in [0.25, 0.3) is 0 Å². The van der Waals surface area contributed by atoms with Gasteiger partial charge < -0.3 is 20.3 Å². The molecule has 26 heavy (non-hydrogen) atoms. The molecule has 1 aromatic heterocycles. The highest BCUT2D eigenvalue weighted by Crippen LogP contribution is 2.49. The first-order chi connectivity index (χ1) is 12.5. The molecule has 6 atom stereocenters. The van der Waals surface area contributed by atoms with Gasteiger partial charge in [0.15, 0.2) is 0 Å². The average molecular weight is 395 g/mol. The maximum Gasteiger partial charge on any atom is 0.230 e. The highest BCUT2D eigenvalue weighted by molar-refractivity contribution is 6.42. The van der Waals surface area contributed by atoms with Crippen LogP contribution in [0.3, 0.4) is 0 Å². The maximum atomic E-state index is 13.0. The minimum Gasteiger partial charge on any atom is -0.388 e. The molecular weight excluding hydrogens is 379 g/mol. The van der Waals surface area contributed by atoms with E-state index >= 15 is 0 Å². The van der Waals surface area contributed by atoms with Crippen LogP contribution >= 0.6 is 23.2 Å². The Kier molecular flexibility index (Phi) is 4.62. The quantitative estimate of drug-likeness (QED) is 0.742. The lowest BCUT2D eigenvalue weighted by molar-refractivity contribution is -0.124. The van der Waals surface area contributed by atoms with Crippen LogP contribution in [0, 0.1) is 5.92 Å². The number of hydrogen-bond acceptors (Lipinski definition) is 5. The summed E-state index contributed by atoms with van der Waals surface area (Å²) in [5.41, 5.74) is 1.32. The number of hydrogen-bond donors (Lipinski definition) is 3. The van der Waals surface area contributed by atoms with E-state index in [1.807, 2.05) is 0 Å². The van der Waals surface area contributed by atoms with Crippen LogP contribution < -0.4 is 5.32 Å². The van der Waals surface area contributed by atoms with Crippen molar-refractivity contribution in [1.82, 2.24) is 4.98 Å². The number of nitrogens with zero attached hydrogens (tertiary/aromatic N) is 1. The van der Waals surface area contributed by atoms with E-state index in [-0.39, 0.29) is 11.8 Å². The van der Waals surface area contributed by atoms with Crippen LogP contribution in [0.5, 0.6) is 0 Å². The average Bonchev–Trinajstić information content (AvgIpc) is 3.16. The maximum absolute atomic E-state index is 13.0. The molecule has 2 fully saturated rings. The van der Waals surface area contributed by atoms with Gasteiger partial charge in [0, 0.05) is 24.0 Å². The largest absolute Gasteiger partial charge is 0.388 e. The molecule has 0 radical (unpaired) electrons. The number of amides is 1. The van der Waals surface area contributed by atoms with Gasteiger partial charge in [-0.05, 0) is 35.9 Å². The van der Waals surface area contributed by atoms with Crippen LogP contribution in [-0.4, -0.2) is 45.5 Å². The molecule has 3 heterocycles. The normalized spacial score (nSPS) is 32.6. The molecular formula is C18H16Cl2N2O4. The van der Waals surface area contributed by atoms with Crippen molar-refractivity contribution in [2.45, 2.75) is 30.3 Å². The molecule has 0 unspecified atom stereocenters. The summed E-state index contributed by atoms with van der Waals surface area (Å²) < 4.78 is 5.75. The Morgan fingerprint density at radius 2 is 1.73 bits per heavy atom. The summed E-state index contributed by atoms with van der Waals surface area (Å²) in [6.07, 6.45) is -0.330. The summed E-state index contributed by atoms with van der Waals surface area (Å²) in [4.78, 5) is 16.9. The molecule has 0 saturated carbocycles. The van der Waals surface area contributed by atoms with E-state index in [1.54, 1.807) is 42.7 Å². The molecule has 3 N–H and O–H groups in total. The Hall–Kier alpha value is -1.70. The molecule has 2 aromatic rings. The van der Waals surface area contributed by atoms with Crippen LogP contribution in [0.25, 0.3) is 0 Å². The molecule has 0 aliphatic carbocycles. The Bertz CT molecular complexity index is 835. The number of carbonyl (C=O) groups is 1. The van der Waals surface area contributed by atoms with Gasteiger partial charge in [-0.1, -0.05) is 23.2 Å². The van der Waals surface area contributed by atoms with Crippen molar-refractivity contribution in [3.05, 3.63) is 58.3 Å². The highest BCUT2D eigenvalue weighted by atomic mass is 35.5. The van der Waals surface area contributed by atoms with E-state index in [4.69, 9.17) is 27.9 Å².